The summed E-state index contributed by atoms with van der Waals surface area (Å²) in [6.07, 6.45) is 5.04. The van der Waals surface area contributed by atoms with Crippen LogP contribution in [0.3, 0.4) is 0 Å². The first-order valence-corrected chi connectivity index (χ1v) is 5.66. The summed E-state index contributed by atoms with van der Waals surface area (Å²) in [5.41, 5.74) is 0.533. The highest BCUT2D eigenvalue weighted by Crippen LogP contribution is 2.18. The van der Waals surface area contributed by atoms with Crippen molar-refractivity contribution in [1.29, 1.82) is 0 Å². The number of benzene rings is 1. The molecule has 1 heterocycles. The first-order valence-electron chi connectivity index (χ1n) is 5.66. The molecule has 0 aliphatic carbocycles. The fourth-order valence-corrected chi connectivity index (χ4v) is 1.79. The fraction of sp³-hybridized carbons (Fsp3) is 0.231. The third-order valence-electron chi connectivity index (χ3n) is 2.73. The quantitative estimate of drug-likeness (QED) is 0.777. The lowest BCUT2D eigenvalue weighted by atomic mass is 10.2. The standard InChI is InChI=1S/C13H12FN3O2/c1-2-7-15-12(18)11-8-17(13(19)16-11)10-5-3-9(14)4-6-10/h1,3-6,11H,7-8H2,(H,15,18)(H,16,19). The Morgan fingerprint density at radius 3 is 2.84 bits per heavy atom. The number of hydrogen-bond donors (Lipinski definition) is 2. The predicted octanol–water partition coefficient (Wildman–Crippen LogP) is 0.473. The molecule has 98 valence electrons. The van der Waals surface area contributed by atoms with Crippen LogP contribution in [0.25, 0.3) is 0 Å². The van der Waals surface area contributed by atoms with Crippen LogP contribution in [0, 0.1) is 18.2 Å². The molecule has 1 fully saturated rings. The van der Waals surface area contributed by atoms with E-state index in [2.05, 4.69) is 16.6 Å². The number of carbonyl (C=O) groups is 2. The van der Waals surface area contributed by atoms with Gasteiger partial charge >= 0.3 is 6.03 Å². The second-order valence-corrected chi connectivity index (χ2v) is 4.01. The van der Waals surface area contributed by atoms with Gasteiger partial charge in [-0.2, -0.15) is 0 Å². The number of amides is 3. The van der Waals surface area contributed by atoms with E-state index in [0.717, 1.165) is 0 Å². The highest BCUT2D eigenvalue weighted by atomic mass is 19.1. The minimum absolute atomic E-state index is 0.113. The highest BCUT2D eigenvalue weighted by molar-refractivity contribution is 6.00. The van der Waals surface area contributed by atoms with E-state index in [1.54, 1.807) is 0 Å². The van der Waals surface area contributed by atoms with E-state index in [9.17, 15) is 14.0 Å². The molecule has 2 N–H and O–H groups in total. The van der Waals surface area contributed by atoms with Gasteiger partial charge in [0.1, 0.15) is 11.9 Å². The molecular formula is C13H12FN3O2. The van der Waals surface area contributed by atoms with Gasteiger partial charge in [-0.05, 0) is 24.3 Å². The monoisotopic (exact) mass is 261 g/mol. The van der Waals surface area contributed by atoms with E-state index in [0.29, 0.717) is 5.69 Å². The molecule has 1 atom stereocenters. The average molecular weight is 261 g/mol. The van der Waals surface area contributed by atoms with Crippen molar-refractivity contribution in [2.75, 3.05) is 18.0 Å². The summed E-state index contributed by atoms with van der Waals surface area (Å²) in [6.45, 7) is 0.294. The molecular weight excluding hydrogens is 249 g/mol. The number of halogens is 1. The van der Waals surface area contributed by atoms with Crippen LogP contribution < -0.4 is 15.5 Å². The molecule has 0 aromatic heterocycles. The van der Waals surface area contributed by atoms with Crippen LogP contribution in [0.4, 0.5) is 14.9 Å². The molecule has 5 nitrogen and oxygen atoms in total. The molecule has 3 amide bonds. The summed E-state index contributed by atoms with van der Waals surface area (Å²) in [5, 5.41) is 5.04. The summed E-state index contributed by atoms with van der Waals surface area (Å²) in [5.74, 6) is 1.56. The molecule has 6 heteroatoms. The van der Waals surface area contributed by atoms with Gasteiger partial charge in [-0.25, -0.2) is 9.18 Å². The van der Waals surface area contributed by atoms with Gasteiger partial charge in [0.25, 0.3) is 0 Å². The second kappa shape index (κ2) is 5.40. The van der Waals surface area contributed by atoms with Crippen LogP contribution in [-0.4, -0.2) is 31.1 Å². The van der Waals surface area contributed by atoms with Gasteiger partial charge in [-0.3, -0.25) is 9.69 Å². The van der Waals surface area contributed by atoms with Crippen molar-refractivity contribution < 1.29 is 14.0 Å². The molecule has 0 bridgehead atoms. The zero-order valence-corrected chi connectivity index (χ0v) is 10.0. The van der Waals surface area contributed by atoms with Crippen molar-refractivity contribution in [1.82, 2.24) is 10.6 Å². The van der Waals surface area contributed by atoms with Crippen LogP contribution in [0.15, 0.2) is 24.3 Å². The van der Waals surface area contributed by atoms with Gasteiger partial charge in [0.2, 0.25) is 5.91 Å². The van der Waals surface area contributed by atoms with Gasteiger partial charge < -0.3 is 10.6 Å². The Hall–Kier alpha value is -2.55. The zero-order chi connectivity index (χ0) is 13.8. The Bertz CT molecular complexity index is 536. The number of nitrogens with one attached hydrogen (secondary N) is 2. The third kappa shape index (κ3) is 2.83. The van der Waals surface area contributed by atoms with E-state index in [1.807, 2.05) is 0 Å². The highest BCUT2D eigenvalue weighted by Gasteiger charge is 2.34. The average Bonchev–Trinajstić information content (AvgIpc) is 2.79. The number of urea groups is 1. The number of hydrogen-bond acceptors (Lipinski definition) is 2. The number of rotatable bonds is 3. The summed E-state index contributed by atoms with van der Waals surface area (Å²) in [4.78, 5) is 24.8. The predicted molar refractivity (Wildman–Crippen MR) is 67.9 cm³/mol. The Balaban J connectivity index is 2.05. The molecule has 1 saturated heterocycles. The lowest BCUT2D eigenvalue weighted by molar-refractivity contribution is -0.122. The Labute approximate surface area is 109 Å². The smallest absolute Gasteiger partial charge is 0.322 e. The van der Waals surface area contributed by atoms with Gasteiger partial charge in [-0.15, -0.1) is 6.42 Å². The van der Waals surface area contributed by atoms with Crippen LogP contribution in [0.1, 0.15) is 0 Å². The largest absolute Gasteiger partial charge is 0.343 e. The molecule has 19 heavy (non-hydrogen) atoms. The SMILES string of the molecule is C#CCNC(=O)C1CN(c2ccc(F)cc2)C(=O)N1. The normalized spacial score (nSPS) is 17.8. The lowest BCUT2D eigenvalue weighted by Crippen LogP contribution is -2.42. The minimum Gasteiger partial charge on any atom is -0.343 e. The number of anilines is 1. The first-order chi connectivity index (χ1) is 9.11. The molecule has 1 unspecified atom stereocenters. The summed E-state index contributed by atoms with van der Waals surface area (Å²) < 4.78 is 12.8. The van der Waals surface area contributed by atoms with Crippen molar-refractivity contribution in [2.24, 2.45) is 0 Å². The first kappa shape index (κ1) is 12.9. The Morgan fingerprint density at radius 2 is 2.21 bits per heavy atom. The van der Waals surface area contributed by atoms with Crippen molar-refractivity contribution in [3.8, 4) is 12.3 Å². The number of terminal acetylenes is 1. The maximum atomic E-state index is 12.8. The summed E-state index contributed by atoms with van der Waals surface area (Å²) in [6, 6.07) is 4.43. The molecule has 1 aromatic rings. The topological polar surface area (TPSA) is 61.4 Å². The maximum absolute atomic E-state index is 12.8. The molecule has 0 saturated carbocycles. The van der Waals surface area contributed by atoms with Crippen LogP contribution in [0.5, 0.6) is 0 Å². The maximum Gasteiger partial charge on any atom is 0.322 e. The molecule has 0 radical (unpaired) electrons. The third-order valence-corrected chi connectivity index (χ3v) is 2.73. The van der Waals surface area contributed by atoms with Crippen molar-refractivity contribution >= 4 is 17.6 Å². The Kier molecular flexibility index (Phi) is 3.66. The lowest BCUT2D eigenvalue weighted by Gasteiger charge is -2.14. The molecule has 2 rings (SSSR count). The van der Waals surface area contributed by atoms with Crippen molar-refractivity contribution in [3.63, 3.8) is 0 Å². The Morgan fingerprint density at radius 1 is 1.53 bits per heavy atom. The van der Waals surface area contributed by atoms with E-state index in [-0.39, 0.29) is 24.8 Å². The molecule has 1 aliphatic rings. The van der Waals surface area contributed by atoms with E-state index >= 15 is 0 Å². The molecule has 1 aliphatic heterocycles. The van der Waals surface area contributed by atoms with Crippen molar-refractivity contribution in [2.45, 2.75) is 6.04 Å². The molecule has 1 aromatic carbocycles. The number of nitrogens with zero attached hydrogens (tertiary/aromatic N) is 1. The second-order valence-electron chi connectivity index (χ2n) is 4.01. The minimum atomic E-state index is -0.661. The van der Waals surface area contributed by atoms with E-state index in [4.69, 9.17) is 6.42 Å². The zero-order valence-electron chi connectivity index (χ0n) is 10.0. The van der Waals surface area contributed by atoms with Crippen LogP contribution >= 0.6 is 0 Å². The van der Waals surface area contributed by atoms with Gasteiger partial charge in [-0.1, -0.05) is 5.92 Å². The molecule has 0 spiro atoms. The fourth-order valence-electron chi connectivity index (χ4n) is 1.79. The van der Waals surface area contributed by atoms with E-state index in [1.165, 1.54) is 29.2 Å². The summed E-state index contributed by atoms with van der Waals surface area (Å²) >= 11 is 0. The summed E-state index contributed by atoms with van der Waals surface area (Å²) in [7, 11) is 0. The van der Waals surface area contributed by atoms with Gasteiger partial charge in [0.05, 0.1) is 13.1 Å². The van der Waals surface area contributed by atoms with Crippen LogP contribution in [0.2, 0.25) is 0 Å². The van der Waals surface area contributed by atoms with Gasteiger partial charge in [0.15, 0.2) is 0 Å². The van der Waals surface area contributed by atoms with Gasteiger partial charge in [0, 0.05) is 5.69 Å². The van der Waals surface area contributed by atoms with Crippen LogP contribution in [-0.2, 0) is 4.79 Å². The van der Waals surface area contributed by atoms with Crippen molar-refractivity contribution in [3.05, 3.63) is 30.1 Å². The number of carbonyl (C=O) groups excluding carboxylic acids is 2. The van der Waals surface area contributed by atoms with E-state index < -0.39 is 12.1 Å².